The van der Waals surface area contributed by atoms with Crippen LogP contribution in [0.15, 0.2) is 41.3 Å². The van der Waals surface area contributed by atoms with E-state index in [0.717, 1.165) is 11.6 Å². The van der Waals surface area contributed by atoms with Crippen LogP contribution < -0.4 is 10.0 Å². The molecule has 0 aliphatic carbocycles. The van der Waals surface area contributed by atoms with Crippen molar-refractivity contribution in [3.8, 4) is 0 Å². The Labute approximate surface area is 151 Å². The summed E-state index contributed by atoms with van der Waals surface area (Å²) in [6, 6.07) is 8.94. The van der Waals surface area contributed by atoms with Crippen molar-refractivity contribution in [3.63, 3.8) is 0 Å². The summed E-state index contributed by atoms with van der Waals surface area (Å²) in [7, 11) is -3.70. The molecule has 0 radical (unpaired) electrons. The van der Waals surface area contributed by atoms with Gasteiger partial charge in [0.15, 0.2) is 0 Å². The molecule has 0 fully saturated rings. The molecule has 1 amide bonds. The first-order valence-electron chi connectivity index (χ1n) is 7.51. The monoisotopic (exact) mass is 384 g/mol. The fraction of sp³-hybridized carbons (Fsp3) is 0.235. The number of hydrogen-bond acceptors (Lipinski definition) is 3. The van der Waals surface area contributed by atoms with Crippen molar-refractivity contribution >= 4 is 33.2 Å². The van der Waals surface area contributed by atoms with E-state index >= 15 is 0 Å². The minimum atomic E-state index is -3.70. The van der Waals surface area contributed by atoms with Gasteiger partial charge in [0.1, 0.15) is 5.82 Å². The maximum Gasteiger partial charge on any atom is 0.240 e. The predicted octanol–water partition coefficient (Wildman–Crippen LogP) is 3.40. The Balaban J connectivity index is 1.94. The molecule has 2 rings (SSSR count). The molecule has 0 spiro atoms. The highest BCUT2D eigenvalue weighted by atomic mass is 35.5. The number of carbonyl (C=O) groups excluding carboxylic acids is 1. The second-order valence-electron chi connectivity index (χ2n) is 5.59. The lowest BCUT2D eigenvalue weighted by Gasteiger charge is -2.10. The molecule has 25 heavy (non-hydrogen) atoms. The van der Waals surface area contributed by atoms with Crippen LogP contribution in [0, 0.1) is 19.7 Å². The van der Waals surface area contributed by atoms with E-state index in [1.165, 1.54) is 12.1 Å². The van der Waals surface area contributed by atoms with Crippen molar-refractivity contribution in [1.82, 2.24) is 4.72 Å². The van der Waals surface area contributed by atoms with Crippen LogP contribution in [-0.2, 0) is 14.8 Å². The maximum absolute atomic E-state index is 13.1. The number of nitrogens with one attached hydrogen (secondary N) is 2. The standard InChI is InChI=1S/C17H18ClFN2O3S/c1-11-3-4-12(2)16(9-11)25(23,24)20-8-7-17(22)21-13-5-6-15(19)14(18)10-13/h3-6,9-10,20H,7-8H2,1-2H3,(H,21,22). The zero-order chi connectivity index (χ0) is 18.6. The normalized spacial score (nSPS) is 11.4. The molecule has 2 aromatic carbocycles. The van der Waals surface area contributed by atoms with E-state index in [1.54, 1.807) is 26.0 Å². The molecule has 0 bridgehead atoms. The number of aryl methyl sites for hydroxylation is 2. The molecular formula is C17H18ClFN2O3S. The highest BCUT2D eigenvalue weighted by Gasteiger charge is 2.17. The lowest BCUT2D eigenvalue weighted by molar-refractivity contribution is -0.116. The van der Waals surface area contributed by atoms with Crippen LogP contribution >= 0.6 is 11.6 Å². The zero-order valence-corrected chi connectivity index (χ0v) is 15.3. The molecule has 0 aromatic heterocycles. The first-order chi connectivity index (χ1) is 11.7. The van der Waals surface area contributed by atoms with Gasteiger partial charge in [0, 0.05) is 18.7 Å². The van der Waals surface area contributed by atoms with Gasteiger partial charge in [0.05, 0.1) is 9.92 Å². The van der Waals surface area contributed by atoms with Crippen LogP contribution in [0.25, 0.3) is 0 Å². The van der Waals surface area contributed by atoms with Crippen LogP contribution in [0.2, 0.25) is 5.02 Å². The largest absolute Gasteiger partial charge is 0.326 e. The van der Waals surface area contributed by atoms with E-state index in [4.69, 9.17) is 11.6 Å². The van der Waals surface area contributed by atoms with Gasteiger partial charge in [-0.2, -0.15) is 0 Å². The SMILES string of the molecule is Cc1ccc(C)c(S(=O)(=O)NCCC(=O)Nc2ccc(F)c(Cl)c2)c1. The summed E-state index contributed by atoms with van der Waals surface area (Å²) in [5, 5.41) is 2.43. The summed E-state index contributed by atoms with van der Waals surface area (Å²) in [6.07, 6.45) is -0.0703. The minimum Gasteiger partial charge on any atom is -0.326 e. The van der Waals surface area contributed by atoms with E-state index in [9.17, 15) is 17.6 Å². The van der Waals surface area contributed by atoms with E-state index in [-0.39, 0.29) is 22.9 Å². The minimum absolute atomic E-state index is 0.0591. The number of amides is 1. The molecule has 0 atom stereocenters. The summed E-state index contributed by atoms with van der Waals surface area (Å²) in [5.41, 5.74) is 1.80. The first kappa shape index (κ1) is 19.4. The summed E-state index contributed by atoms with van der Waals surface area (Å²) in [6.45, 7) is 3.45. The Morgan fingerprint density at radius 3 is 2.56 bits per heavy atom. The van der Waals surface area contributed by atoms with Crippen LogP contribution in [0.4, 0.5) is 10.1 Å². The van der Waals surface area contributed by atoms with Crippen molar-refractivity contribution in [2.45, 2.75) is 25.2 Å². The summed E-state index contributed by atoms with van der Waals surface area (Å²) in [4.78, 5) is 12.1. The van der Waals surface area contributed by atoms with Crippen LogP contribution in [0.1, 0.15) is 17.5 Å². The number of anilines is 1. The van der Waals surface area contributed by atoms with Crippen LogP contribution in [0.3, 0.4) is 0 Å². The van der Waals surface area contributed by atoms with E-state index in [0.29, 0.717) is 11.3 Å². The van der Waals surface area contributed by atoms with Gasteiger partial charge in [0.2, 0.25) is 15.9 Å². The fourth-order valence-electron chi connectivity index (χ4n) is 2.17. The smallest absolute Gasteiger partial charge is 0.240 e. The third-order valence-corrected chi connectivity index (χ3v) is 5.37. The number of rotatable bonds is 6. The Morgan fingerprint density at radius 1 is 1.16 bits per heavy atom. The Morgan fingerprint density at radius 2 is 1.88 bits per heavy atom. The molecule has 2 aromatic rings. The van der Waals surface area contributed by atoms with Crippen molar-refractivity contribution in [2.24, 2.45) is 0 Å². The zero-order valence-electron chi connectivity index (χ0n) is 13.8. The van der Waals surface area contributed by atoms with Crippen LogP contribution in [-0.4, -0.2) is 20.9 Å². The van der Waals surface area contributed by atoms with Gasteiger partial charge in [-0.3, -0.25) is 4.79 Å². The van der Waals surface area contributed by atoms with Crippen molar-refractivity contribution in [3.05, 3.63) is 58.4 Å². The van der Waals surface area contributed by atoms with Gasteiger partial charge in [0.25, 0.3) is 0 Å². The van der Waals surface area contributed by atoms with Gasteiger partial charge in [-0.1, -0.05) is 23.7 Å². The van der Waals surface area contributed by atoms with Gasteiger partial charge in [-0.05, 0) is 49.2 Å². The Hall–Kier alpha value is -1.96. The van der Waals surface area contributed by atoms with Crippen molar-refractivity contribution in [2.75, 3.05) is 11.9 Å². The molecule has 2 N–H and O–H groups in total. The maximum atomic E-state index is 13.1. The van der Waals surface area contributed by atoms with Gasteiger partial charge >= 0.3 is 0 Å². The molecule has 0 saturated heterocycles. The molecule has 0 aliphatic rings. The average Bonchev–Trinajstić information content (AvgIpc) is 2.53. The van der Waals surface area contributed by atoms with E-state index < -0.39 is 21.7 Å². The fourth-order valence-corrected chi connectivity index (χ4v) is 3.71. The molecule has 0 heterocycles. The first-order valence-corrected chi connectivity index (χ1v) is 9.37. The van der Waals surface area contributed by atoms with Gasteiger partial charge < -0.3 is 5.32 Å². The molecule has 134 valence electrons. The summed E-state index contributed by atoms with van der Waals surface area (Å²) >= 11 is 5.64. The van der Waals surface area contributed by atoms with E-state index in [1.807, 2.05) is 6.07 Å². The van der Waals surface area contributed by atoms with Crippen molar-refractivity contribution < 1.29 is 17.6 Å². The molecule has 0 aliphatic heterocycles. The second kappa shape index (κ2) is 7.95. The second-order valence-corrected chi connectivity index (χ2v) is 7.74. The molecular weight excluding hydrogens is 367 g/mol. The average molecular weight is 385 g/mol. The molecule has 0 unspecified atom stereocenters. The Bertz CT molecular complexity index is 901. The highest BCUT2D eigenvalue weighted by Crippen LogP contribution is 2.19. The van der Waals surface area contributed by atoms with Gasteiger partial charge in [-0.15, -0.1) is 0 Å². The quantitative estimate of drug-likeness (QED) is 0.801. The number of hydrogen-bond donors (Lipinski definition) is 2. The number of halogens is 2. The molecule has 8 heteroatoms. The predicted molar refractivity (Wildman–Crippen MR) is 95.8 cm³/mol. The Kier molecular flexibility index (Phi) is 6.16. The van der Waals surface area contributed by atoms with Crippen molar-refractivity contribution in [1.29, 1.82) is 0 Å². The molecule has 0 saturated carbocycles. The lowest BCUT2D eigenvalue weighted by atomic mass is 10.2. The van der Waals surface area contributed by atoms with E-state index in [2.05, 4.69) is 10.0 Å². The highest BCUT2D eigenvalue weighted by molar-refractivity contribution is 7.89. The number of benzene rings is 2. The number of sulfonamides is 1. The van der Waals surface area contributed by atoms with Gasteiger partial charge in [-0.25, -0.2) is 17.5 Å². The third-order valence-electron chi connectivity index (χ3n) is 3.48. The number of carbonyl (C=O) groups is 1. The lowest BCUT2D eigenvalue weighted by Crippen LogP contribution is -2.28. The summed E-state index contributed by atoms with van der Waals surface area (Å²) in [5.74, 6) is -0.993. The molecule has 5 nitrogen and oxygen atoms in total. The topological polar surface area (TPSA) is 75.3 Å². The summed E-state index contributed by atoms with van der Waals surface area (Å²) < 4.78 is 40.1. The van der Waals surface area contributed by atoms with Crippen LogP contribution in [0.5, 0.6) is 0 Å². The third kappa shape index (κ3) is 5.26.